The summed E-state index contributed by atoms with van der Waals surface area (Å²) in [6.07, 6.45) is 4.84. The van der Waals surface area contributed by atoms with Crippen LogP contribution in [0.25, 0.3) is 10.9 Å². The highest BCUT2D eigenvalue weighted by Crippen LogP contribution is 2.25. The fourth-order valence-electron chi connectivity index (χ4n) is 3.93. The van der Waals surface area contributed by atoms with Gasteiger partial charge >= 0.3 is 0 Å². The van der Waals surface area contributed by atoms with Crippen molar-refractivity contribution in [2.45, 2.75) is 59.0 Å². The fourth-order valence-corrected chi connectivity index (χ4v) is 3.93. The van der Waals surface area contributed by atoms with E-state index in [1.54, 1.807) is 0 Å². The molecule has 0 aliphatic carbocycles. The van der Waals surface area contributed by atoms with Gasteiger partial charge in [-0.1, -0.05) is 32.0 Å². The lowest BCUT2D eigenvalue weighted by atomic mass is 10.0. The molecule has 0 radical (unpaired) electrons. The summed E-state index contributed by atoms with van der Waals surface area (Å²) in [6.45, 7) is 11.7. The van der Waals surface area contributed by atoms with Crippen molar-refractivity contribution in [1.82, 2.24) is 14.8 Å². The molecule has 1 fully saturated rings. The Morgan fingerprint density at radius 2 is 1.79 bits per heavy atom. The molecule has 2 aromatic rings. The number of rotatable bonds is 7. The second kappa shape index (κ2) is 8.91. The van der Waals surface area contributed by atoms with E-state index >= 15 is 0 Å². The van der Waals surface area contributed by atoms with Gasteiger partial charge in [-0.2, -0.15) is 0 Å². The van der Waals surface area contributed by atoms with Crippen molar-refractivity contribution in [3.05, 3.63) is 36.0 Å². The van der Waals surface area contributed by atoms with Crippen LogP contribution in [0.4, 0.5) is 0 Å². The maximum absolute atomic E-state index is 12.9. The molecule has 2 heterocycles. The third-order valence-electron chi connectivity index (χ3n) is 5.69. The van der Waals surface area contributed by atoms with Crippen LogP contribution in [0.15, 0.2) is 30.5 Å². The Morgan fingerprint density at radius 3 is 2.43 bits per heavy atom. The number of likely N-dealkylation sites (tertiary alicyclic amines) is 1. The zero-order valence-corrected chi connectivity index (χ0v) is 17.6. The number of fused-ring (bicyclic) bond motifs is 1. The van der Waals surface area contributed by atoms with Crippen molar-refractivity contribution < 1.29 is 9.59 Å². The first-order valence-electron chi connectivity index (χ1n) is 10.5. The minimum Gasteiger partial charge on any atom is -0.346 e. The topological polar surface area (TPSA) is 54.3 Å². The van der Waals surface area contributed by atoms with Crippen LogP contribution in [0.1, 0.15) is 63.4 Å². The summed E-state index contributed by atoms with van der Waals surface area (Å²) in [5.41, 5.74) is 1.49. The predicted molar refractivity (Wildman–Crippen MR) is 114 cm³/mol. The summed E-state index contributed by atoms with van der Waals surface area (Å²) in [7, 11) is 0. The molecule has 0 atom stereocenters. The number of hydrogen-bond donors (Lipinski definition) is 1. The van der Waals surface area contributed by atoms with Crippen LogP contribution in [0.5, 0.6) is 0 Å². The van der Waals surface area contributed by atoms with E-state index < -0.39 is 11.7 Å². The number of amides is 1. The van der Waals surface area contributed by atoms with Crippen molar-refractivity contribution in [2.75, 3.05) is 19.6 Å². The number of para-hydroxylation sites is 1. The number of carbonyl (C=O) groups is 2. The Kier molecular flexibility index (Phi) is 6.55. The molecule has 152 valence electrons. The van der Waals surface area contributed by atoms with Crippen molar-refractivity contribution >= 4 is 22.6 Å². The van der Waals surface area contributed by atoms with Crippen LogP contribution in [-0.2, 0) is 4.79 Å². The molecule has 1 aliphatic rings. The molecule has 28 heavy (non-hydrogen) atoms. The summed E-state index contributed by atoms with van der Waals surface area (Å²) in [5, 5.41) is 3.83. The lowest BCUT2D eigenvalue weighted by molar-refractivity contribution is -0.117. The van der Waals surface area contributed by atoms with E-state index in [4.69, 9.17) is 0 Å². The number of carbonyl (C=O) groups excluding carboxylic acids is 2. The number of nitrogens with one attached hydrogen (secondary N) is 1. The first-order valence-corrected chi connectivity index (χ1v) is 10.5. The molecule has 3 rings (SSSR count). The van der Waals surface area contributed by atoms with Gasteiger partial charge in [-0.15, -0.1) is 0 Å². The van der Waals surface area contributed by atoms with E-state index in [1.807, 2.05) is 30.5 Å². The highest BCUT2D eigenvalue weighted by Gasteiger charge is 2.26. The normalized spacial score (nSPS) is 16.2. The van der Waals surface area contributed by atoms with Gasteiger partial charge < -0.3 is 14.8 Å². The van der Waals surface area contributed by atoms with Crippen LogP contribution >= 0.6 is 0 Å². The van der Waals surface area contributed by atoms with E-state index in [2.05, 4.69) is 42.5 Å². The average molecular weight is 384 g/mol. The lowest BCUT2D eigenvalue weighted by Crippen LogP contribution is -2.46. The highest BCUT2D eigenvalue weighted by atomic mass is 16.2. The Morgan fingerprint density at radius 1 is 1.11 bits per heavy atom. The third kappa shape index (κ3) is 4.64. The summed E-state index contributed by atoms with van der Waals surface area (Å²) in [4.78, 5) is 28.0. The standard InChI is InChI=1S/C23H33N3O2/c1-16(2)9-12-25-13-10-18(11-14-25)24-23(28)22(27)20-15-26(17(3)4)21-8-6-5-7-19(20)21/h5-8,15-18H,9-14H2,1-4H3,(H,24,28). The second-order valence-corrected chi connectivity index (χ2v) is 8.66. The van der Waals surface area contributed by atoms with E-state index in [-0.39, 0.29) is 12.1 Å². The van der Waals surface area contributed by atoms with Gasteiger partial charge in [0.1, 0.15) is 0 Å². The minimum absolute atomic E-state index is 0.0881. The smallest absolute Gasteiger partial charge is 0.292 e. The lowest BCUT2D eigenvalue weighted by Gasteiger charge is -2.32. The molecule has 1 saturated heterocycles. The Hall–Kier alpha value is -2.14. The van der Waals surface area contributed by atoms with Gasteiger partial charge in [0.15, 0.2) is 0 Å². The van der Waals surface area contributed by atoms with Gasteiger partial charge in [0.05, 0.1) is 5.56 Å². The monoisotopic (exact) mass is 383 g/mol. The first-order chi connectivity index (χ1) is 13.4. The van der Waals surface area contributed by atoms with Gasteiger partial charge in [-0.05, 0) is 51.6 Å². The number of Topliss-reactive ketones (excluding diaryl/α,β-unsaturated/α-hetero) is 1. The van der Waals surface area contributed by atoms with E-state index in [1.165, 1.54) is 6.42 Å². The minimum atomic E-state index is -0.479. The number of ketones is 1. The number of nitrogens with zero attached hydrogens (tertiary/aromatic N) is 2. The molecule has 1 aromatic heterocycles. The first kappa shape index (κ1) is 20.6. The molecule has 0 spiro atoms. The molecule has 1 aromatic carbocycles. The molecule has 0 bridgehead atoms. The number of benzene rings is 1. The highest BCUT2D eigenvalue weighted by molar-refractivity contribution is 6.45. The molecular formula is C23H33N3O2. The van der Waals surface area contributed by atoms with Crippen molar-refractivity contribution in [1.29, 1.82) is 0 Å². The number of hydrogen-bond acceptors (Lipinski definition) is 3. The molecule has 5 heteroatoms. The quantitative estimate of drug-likeness (QED) is 0.580. The molecule has 0 unspecified atom stereocenters. The molecule has 1 amide bonds. The van der Waals surface area contributed by atoms with Gasteiger partial charge in [-0.3, -0.25) is 9.59 Å². The number of aromatic nitrogens is 1. The van der Waals surface area contributed by atoms with Crippen molar-refractivity contribution in [3.63, 3.8) is 0 Å². The van der Waals surface area contributed by atoms with Gasteiger partial charge in [-0.25, -0.2) is 0 Å². The van der Waals surface area contributed by atoms with Gasteiger partial charge in [0.25, 0.3) is 11.7 Å². The molecule has 1 N–H and O–H groups in total. The molecule has 0 saturated carbocycles. The summed E-state index contributed by atoms with van der Waals surface area (Å²) in [6, 6.07) is 8.10. The van der Waals surface area contributed by atoms with E-state index in [9.17, 15) is 9.59 Å². The van der Waals surface area contributed by atoms with Gasteiger partial charge in [0.2, 0.25) is 0 Å². The van der Waals surface area contributed by atoms with E-state index in [0.29, 0.717) is 11.5 Å². The fraction of sp³-hybridized carbons (Fsp3) is 0.565. The number of piperidine rings is 1. The largest absolute Gasteiger partial charge is 0.346 e. The van der Waals surface area contributed by atoms with Crippen LogP contribution in [0, 0.1) is 5.92 Å². The SMILES string of the molecule is CC(C)CCN1CCC(NC(=O)C(=O)c2cn(C(C)C)c3ccccc23)CC1. The maximum atomic E-state index is 12.9. The van der Waals surface area contributed by atoms with Crippen molar-refractivity contribution in [3.8, 4) is 0 Å². The van der Waals surface area contributed by atoms with Crippen LogP contribution < -0.4 is 5.32 Å². The average Bonchev–Trinajstić information content (AvgIpc) is 3.06. The zero-order chi connectivity index (χ0) is 20.3. The Labute approximate surface area is 168 Å². The van der Waals surface area contributed by atoms with Crippen LogP contribution in [0.3, 0.4) is 0 Å². The van der Waals surface area contributed by atoms with E-state index in [0.717, 1.165) is 43.4 Å². The molecule has 5 nitrogen and oxygen atoms in total. The van der Waals surface area contributed by atoms with Gasteiger partial charge in [0, 0.05) is 42.3 Å². The zero-order valence-electron chi connectivity index (χ0n) is 17.6. The summed E-state index contributed by atoms with van der Waals surface area (Å²) < 4.78 is 2.06. The summed E-state index contributed by atoms with van der Waals surface area (Å²) in [5.74, 6) is -0.201. The summed E-state index contributed by atoms with van der Waals surface area (Å²) >= 11 is 0. The third-order valence-corrected chi connectivity index (χ3v) is 5.69. The Balaban J connectivity index is 1.63. The molecule has 1 aliphatic heterocycles. The Bertz CT molecular complexity index is 829. The van der Waals surface area contributed by atoms with Crippen LogP contribution in [-0.4, -0.2) is 46.8 Å². The maximum Gasteiger partial charge on any atom is 0.292 e. The second-order valence-electron chi connectivity index (χ2n) is 8.66. The predicted octanol–water partition coefficient (Wildman–Crippen LogP) is 4.03. The van der Waals surface area contributed by atoms with Crippen molar-refractivity contribution in [2.24, 2.45) is 5.92 Å². The van der Waals surface area contributed by atoms with Crippen LogP contribution in [0.2, 0.25) is 0 Å². The molecular weight excluding hydrogens is 350 g/mol.